The Morgan fingerprint density at radius 3 is 3.05 bits per heavy atom. The molecule has 2 N–H and O–H groups in total. The summed E-state index contributed by atoms with van der Waals surface area (Å²) in [4.78, 5) is 9.49. The first-order valence-electron chi connectivity index (χ1n) is 5.93. The molecule has 0 fully saturated rings. The second-order valence-electron chi connectivity index (χ2n) is 4.29. The molecule has 0 bridgehead atoms. The number of fused-ring (bicyclic) bond motifs is 1. The molecular formula is C14H12N4S. The number of aromatic nitrogens is 2. The van der Waals surface area contributed by atoms with E-state index in [1.165, 1.54) is 11.3 Å². The lowest BCUT2D eigenvalue weighted by atomic mass is 10.2. The Hall–Kier alpha value is -2.32. The molecule has 4 nitrogen and oxygen atoms in total. The maximum absolute atomic E-state index is 8.79. The lowest BCUT2D eigenvalue weighted by Gasteiger charge is -2.04. The minimum atomic E-state index is 0.727. The van der Waals surface area contributed by atoms with Crippen LogP contribution in [-0.4, -0.2) is 9.97 Å². The van der Waals surface area contributed by atoms with E-state index < -0.39 is 0 Å². The molecule has 0 atom stereocenters. The number of anilines is 1. The smallest absolute Gasteiger partial charge is 0.110 e. The number of rotatable bonds is 3. The quantitative estimate of drug-likeness (QED) is 0.765. The molecule has 2 heterocycles. The van der Waals surface area contributed by atoms with E-state index in [0.29, 0.717) is 0 Å². The van der Waals surface area contributed by atoms with Crippen LogP contribution in [0.4, 0.5) is 5.69 Å². The van der Waals surface area contributed by atoms with E-state index in [1.807, 2.05) is 37.3 Å². The van der Waals surface area contributed by atoms with Gasteiger partial charge in [0.15, 0.2) is 0 Å². The van der Waals surface area contributed by atoms with Gasteiger partial charge in [-0.2, -0.15) is 5.26 Å². The third kappa shape index (κ3) is 2.44. The fourth-order valence-electron chi connectivity index (χ4n) is 1.97. The number of thiophene rings is 1. The minimum absolute atomic E-state index is 0.727. The summed E-state index contributed by atoms with van der Waals surface area (Å²) in [6.45, 7) is 2.67. The molecule has 5 heteroatoms. The van der Waals surface area contributed by atoms with E-state index in [9.17, 15) is 0 Å². The molecule has 0 unspecified atom stereocenters. The molecule has 19 heavy (non-hydrogen) atoms. The molecule has 0 aliphatic rings. The normalized spacial score (nSPS) is 10.5. The molecule has 0 aliphatic heterocycles. The average molecular weight is 268 g/mol. The van der Waals surface area contributed by atoms with Crippen molar-refractivity contribution in [1.29, 1.82) is 5.26 Å². The number of imidazole rings is 1. The predicted molar refractivity (Wildman–Crippen MR) is 77.2 cm³/mol. The van der Waals surface area contributed by atoms with Gasteiger partial charge >= 0.3 is 0 Å². The van der Waals surface area contributed by atoms with Crippen molar-refractivity contribution in [2.24, 2.45) is 0 Å². The second kappa shape index (κ2) is 4.75. The van der Waals surface area contributed by atoms with Gasteiger partial charge in [-0.25, -0.2) is 4.98 Å². The number of hydrogen-bond donors (Lipinski definition) is 2. The van der Waals surface area contributed by atoms with Crippen molar-refractivity contribution in [1.82, 2.24) is 9.97 Å². The third-order valence-corrected chi connectivity index (χ3v) is 3.83. The van der Waals surface area contributed by atoms with Crippen molar-refractivity contribution >= 4 is 28.1 Å². The highest BCUT2D eigenvalue weighted by atomic mass is 32.1. The first kappa shape index (κ1) is 11.8. The summed E-state index contributed by atoms with van der Waals surface area (Å²) in [5, 5.41) is 12.1. The van der Waals surface area contributed by atoms with E-state index in [4.69, 9.17) is 5.26 Å². The average Bonchev–Trinajstić information content (AvgIpc) is 3.00. The molecule has 3 rings (SSSR count). The maximum atomic E-state index is 8.79. The van der Waals surface area contributed by atoms with Crippen LogP contribution in [0.2, 0.25) is 0 Å². The summed E-state index contributed by atoms with van der Waals surface area (Å²) in [7, 11) is 0. The van der Waals surface area contributed by atoms with Crippen LogP contribution in [0.15, 0.2) is 30.3 Å². The molecule has 94 valence electrons. The van der Waals surface area contributed by atoms with E-state index in [2.05, 4.69) is 21.4 Å². The Labute approximate surface area is 114 Å². The van der Waals surface area contributed by atoms with Gasteiger partial charge in [0.2, 0.25) is 0 Å². The molecule has 0 aliphatic carbocycles. The van der Waals surface area contributed by atoms with Crippen molar-refractivity contribution in [2.75, 3.05) is 5.32 Å². The van der Waals surface area contributed by atoms with Crippen LogP contribution >= 0.6 is 11.3 Å². The molecule has 1 aromatic carbocycles. The number of H-pyrrole nitrogens is 1. The topological polar surface area (TPSA) is 64.5 Å². The van der Waals surface area contributed by atoms with E-state index in [1.54, 1.807) is 0 Å². The van der Waals surface area contributed by atoms with Gasteiger partial charge in [-0.3, -0.25) is 0 Å². The summed E-state index contributed by atoms with van der Waals surface area (Å²) in [6.07, 6.45) is 0. The van der Waals surface area contributed by atoms with Gasteiger partial charge in [0.25, 0.3) is 0 Å². The van der Waals surface area contributed by atoms with Crippen LogP contribution in [0.25, 0.3) is 11.0 Å². The lowest BCUT2D eigenvalue weighted by Crippen LogP contribution is -1.96. The van der Waals surface area contributed by atoms with Gasteiger partial charge in [-0.15, -0.1) is 11.3 Å². The molecular weight excluding hydrogens is 256 g/mol. The molecule has 2 aromatic heterocycles. The highest BCUT2D eigenvalue weighted by molar-refractivity contribution is 7.12. The minimum Gasteiger partial charge on any atom is -0.380 e. The second-order valence-corrected chi connectivity index (χ2v) is 5.45. The fraction of sp³-hybridized carbons (Fsp3) is 0.143. The largest absolute Gasteiger partial charge is 0.380 e. The Balaban J connectivity index is 1.76. The zero-order valence-electron chi connectivity index (χ0n) is 10.4. The molecule has 0 amide bonds. The molecule has 0 spiro atoms. The van der Waals surface area contributed by atoms with Crippen LogP contribution in [0, 0.1) is 18.3 Å². The first-order chi connectivity index (χ1) is 9.24. The van der Waals surface area contributed by atoms with Gasteiger partial charge in [0, 0.05) is 17.1 Å². The standard InChI is InChI=1S/C14H12N4S/c1-9-17-13-5-2-10(6-14(13)18-9)16-8-12-4-3-11(7-15)19-12/h2-6,16H,8H2,1H3,(H,17,18). The highest BCUT2D eigenvalue weighted by Gasteiger charge is 2.02. The SMILES string of the molecule is Cc1nc2ccc(NCc3ccc(C#N)s3)cc2[nH]1. The van der Waals surface area contributed by atoms with E-state index in [0.717, 1.165) is 38.8 Å². The van der Waals surface area contributed by atoms with Crippen LogP contribution in [0.5, 0.6) is 0 Å². The Morgan fingerprint density at radius 1 is 1.37 bits per heavy atom. The van der Waals surface area contributed by atoms with Gasteiger partial charge in [0.1, 0.15) is 16.8 Å². The number of benzene rings is 1. The van der Waals surface area contributed by atoms with Crippen molar-refractivity contribution < 1.29 is 0 Å². The third-order valence-electron chi connectivity index (χ3n) is 2.84. The zero-order valence-corrected chi connectivity index (χ0v) is 11.2. The number of hydrogen-bond acceptors (Lipinski definition) is 4. The first-order valence-corrected chi connectivity index (χ1v) is 6.75. The van der Waals surface area contributed by atoms with Gasteiger partial charge in [-0.05, 0) is 37.3 Å². The Kier molecular flexibility index (Phi) is 2.94. The molecule has 0 radical (unpaired) electrons. The number of nitrogens with zero attached hydrogens (tertiary/aromatic N) is 2. The Bertz CT molecular complexity index is 763. The number of aryl methyl sites for hydroxylation is 1. The monoisotopic (exact) mass is 268 g/mol. The van der Waals surface area contributed by atoms with Crippen LogP contribution in [-0.2, 0) is 6.54 Å². The van der Waals surface area contributed by atoms with Crippen molar-refractivity contribution in [2.45, 2.75) is 13.5 Å². The number of nitriles is 1. The predicted octanol–water partition coefficient (Wildman–Crippen LogP) is 3.42. The Morgan fingerprint density at radius 2 is 2.26 bits per heavy atom. The molecule has 0 saturated heterocycles. The van der Waals surface area contributed by atoms with Crippen LogP contribution in [0.1, 0.15) is 15.6 Å². The van der Waals surface area contributed by atoms with E-state index in [-0.39, 0.29) is 0 Å². The summed E-state index contributed by atoms with van der Waals surface area (Å²) in [5.41, 5.74) is 3.06. The van der Waals surface area contributed by atoms with Gasteiger partial charge in [0.05, 0.1) is 11.0 Å². The zero-order chi connectivity index (χ0) is 13.2. The lowest BCUT2D eigenvalue weighted by molar-refractivity contribution is 1.17. The van der Waals surface area contributed by atoms with Crippen molar-refractivity contribution in [3.8, 4) is 6.07 Å². The van der Waals surface area contributed by atoms with Gasteiger partial charge in [-0.1, -0.05) is 0 Å². The number of nitrogens with one attached hydrogen (secondary N) is 2. The maximum Gasteiger partial charge on any atom is 0.110 e. The van der Waals surface area contributed by atoms with E-state index >= 15 is 0 Å². The van der Waals surface area contributed by atoms with Crippen LogP contribution < -0.4 is 5.32 Å². The van der Waals surface area contributed by atoms with Crippen molar-refractivity contribution in [3.63, 3.8) is 0 Å². The number of aromatic amines is 1. The van der Waals surface area contributed by atoms with Crippen molar-refractivity contribution in [3.05, 3.63) is 45.9 Å². The molecule has 0 saturated carbocycles. The van der Waals surface area contributed by atoms with Crippen LogP contribution in [0.3, 0.4) is 0 Å². The summed E-state index contributed by atoms with van der Waals surface area (Å²) in [6, 6.07) is 12.0. The highest BCUT2D eigenvalue weighted by Crippen LogP contribution is 2.20. The van der Waals surface area contributed by atoms with Gasteiger partial charge < -0.3 is 10.3 Å². The fourth-order valence-corrected chi connectivity index (χ4v) is 2.71. The summed E-state index contributed by atoms with van der Waals surface area (Å²) < 4.78 is 0. The summed E-state index contributed by atoms with van der Waals surface area (Å²) >= 11 is 1.52. The molecule has 3 aromatic rings. The summed E-state index contributed by atoms with van der Waals surface area (Å²) in [5.74, 6) is 0.920.